The topological polar surface area (TPSA) is 58.0 Å². The van der Waals surface area contributed by atoms with Crippen molar-refractivity contribution >= 4 is 17.0 Å². The summed E-state index contributed by atoms with van der Waals surface area (Å²) in [6.45, 7) is 0. The Hall–Kier alpha value is -1.81. The maximum atomic E-state index is 8.80. The SMILES string of the molecule is [N-]=[N+]=Nc1ccccc1C1OC2CCCCC2c2sccc21. The van der Waals surface area contributed by atoms with E-state index in [0.717, 1.165) is 12.0 Å². The van der Waals surface area contributed by atoms with Crippen molar-refractivity contribution in [1.29, 1.82) is 0 Å². The first-order valence-electron chi connectivity index (χ1n) is 7.75. The molecule has 3 unspecified atom stereocenters. The molecule has 0 amide bonds. The van der Waals surface area contributed by atoms with Gasteiger partial charge in [-0.05, 0) is 40.9 Å². The van der Waals surface area contributed by atoms with E-state index in [1.807, 2.05) is 35.6 Å². The minimum absolute atomic E-state index is 0.109. The highest BCUT2D eigenvalue weighted by Gasteiger charge is 2.39. The first-order chi connectivity index (χ1) is 10.9. The minimum atomic E-state index is -0.109. The average molecular weight is 311 g/mol. The number of benzene rings is 1. The van der Waals surface area contributed by atoms with Crippen molar-refractivity contribution in [1.82, 2.24) is 0 Å². The smallest absolute Gasteiger partial charge is 0.109 e. The summed E-state index contributed by atoms with van der Waals surface area (Å²) in [6.07, 6.45) is 5.07. The van der Waals surface area contributed by atoms with E-state index in [1.54, 1.807) is 0 Å². The second-order valence-corrected chi connectivity index (χ2v) is 6.88. The fraction of sp³-hybridized carbons (Fsp3) is 0.412. The van der Waals surface area contributed by atoms with E-state index in [2.05, 4.69) is 21.5 Å². The van der Waals surface area contributed by atoms with Gasteiger partial charge in [0, 0.05) is 21.4 Å². The quantitative estimate of drug-likeness (QED) is 0.390. The summed E-state index contributed by atoms with van der Waals surface area (Å²) in [4.78, 5) is 4.43. The maximum absolute atomic E-state index is 8.80. The Bertz CT molecular complexity index is 735. The van der Waals surface area contributed by atoms with Crippen LogP contribution in [0.5, 0.6) is 0 Å². The van der Waals surface area contributed by atoms with Crippen LogP contribution in [0.15, 0.2) is 40.8 Å². The van der Waals surface area contributed by atoms with E-state index in [9.17, 15) is 0 Å². The van der Waals surface area contributed by atoms with E-state index >= 15 is 0 Å². The number of fused-ring (bicyclic) bond motifs is 3. The van der Waals surface area contributed by atoms with Crippen LogP contribution in [0.1, 0.15) is 53.7 Å². The van der Waals surface area contributed by atoms with Gasteiger partial charge in [0.25, 0.3) is 0 Å². The molecule has 4 nitrogen and oxygen atoms in total. The fourth-order valence-electron chi connectivity index (χ4n) is 3.75. The van der Waals surface area contributed by atoms with E-state index in [-0.39, 0.29) is 6.10 Å². The first-order valence-corrected chi connectivity index (χ1v) is 8.63. The molecule has 1 aromatic heterocycles. The van der Waals surface area contributed by atoms with Gasteiger partial charge in [-0.25, -0.2) is 0 Å². The molecule has 0 saturated heterocycles. The third-order valence-corrected chi connectivity index (χ3v) is 5.80. The molecule has 1 aliphatic carbocycles. The molecule has 3 atom stereocenters. The monoisotopic (exact) mass is 311 g/mol. The normalized spacial score (nSPS) is 26.6. The Labute approximate surface area is 133 Å². The van der Waals surface area contributed by atoms with Crippen LogP contribution in [-0.4, -0.2) is 6.10 Å². The molecule has 0 spiro atoms. The summed E-state index contributed by atoms with van der Waals surface area (Å²) < 4.78 is 6.47. The summed E-state index contributed by atoms with van der Waals surface area (Å²) in [7, 11) is 0. The van der Waals surface area contributed by atoms with Crippen LogP contribution in [0, 0.1) is 0 Å². The number of hydrogen-bond acceptors (Lipinski definition) is 3. The van der Waals surface area contributed by atoms with Gasteiger partial charge in [-0.15, -0.1) is 11.3 Å². The molecule has 22 heavy (non-hydrogen) atoms. The Kier molecular flexibility index (Phi) is 3.62. The number of hydrogen-bond donors (Lipinski definition) is 0. The lowest BCUT2D eigenvalue weighted by Gasteiger charge is -2.39. The minimum Gasteiger partial charge on any atom is -0.365 e. The summed E-state index contributed by atoms with van der Waals surface area (Å²) in [5.74, 6) is 0.548. The van der Waals surface area contributed by atoms with Gasteiger partial charge in [0.15, 0.2) is 0 Å². The highest BCUT2D eigenvalue weighted by molar-refractivity contribution is 7.10. The average Bonchev–Trinajstić information content (AvgIpc) is 3.05. The fourth-order valence-corrected chi connectivity index (χ4v) is 4.86. The van der Waals surface area contributed by atoms with Crippen LogP contribution in [0.4, 0.5) is 5.69 Å². The summed E-state index contributed by atoms with van der Waals surface area (Å²) in [5, 5.41) is 6.01. The second kappa shape index (κ2) is 5.76. The highest BCUT2D eigenvalue weighted by Crippen LogP contribution is 2.50. The zero-order valence-corrected chi connectivity index (χ0v) is 13.0. The molecule has 4 rings (SSSR count). The van der Waals surface area contributed by atoms with Crippen molar-refractivity contribution < 1.29 is 4.74 Å². The molecule has 1 aliphatic heterocycles. The van der Waals surface area contributed by atoms with E-state index in [4.69, 9.17) is 10.3 Å². The Morgan fingerprint density at radius 1 is 1.14 bits per heavy atom. The molecule has 1 fully saturated rings. The lowest BCUT2D eigenvalue weighted by atomic mass is 9.80. The maximum Gasteiger partial charge on any atom is 0.109 e. The van der Waals surface area contributed by atoms with Gasteiger partial charge < -0.3 is 4.74 Å². The van der Waals surface area contributed by atoms with Gasteiger partial charge in [0.1, 0.15) is 6.10 Å². The lowest BCUT2D eigenvalue weighted by molar-refractivity contribution is -0.0371. The molecule has 0 bridgehead atoms. The van der Waals surface area contributed by atoms with Gasteiger partial charge in [-0.2, -0.15) is 0 Å². The molecule has 1 aromatic carbocycles. The van der Waals surface area contributed by atoms with Gasteiger partial charge in [0.05, 0.1) is 6.10 Å². The van der Waals surface area contributed by atoms with E-state index in [1.165, 1.54) is 29.7 Å². The van der Waals surface area contributed by atoms with Gasteiger partial charge >= 0.3 is 0 Å². The van der Waals surface area contributed by atoms with Crippen molar-refractivity contribution in [2.75, 3.05) is 0 Å². The third kappa shape index (κ3) is 2.22. The van der Waals surface area contributed by atoms with Crippen LogP contribution >= 0.6 is 11.3 Å². The summed E-state index contributed by atoms with van der Waals surface area (Å²) >= 11 is 1.85. The zero-order valence-electron chi connectivity index (χ0n) is 12.2. The molecule has 0 N–H and O–H groups in total. The van der Waals surface area contributed by atoms with Crippen molar-refractivity contribution in [3.63, 3.8) is 0 Å². The molecular weight excluding hydrogens is 294 g/mol. The largest absolute Gasteiger partial charge is 0.365 e. The van der Waals surface area contributed by atoms with E-state index < -0.39 is 0 Å². The predicted molar refractivity (Wildman–Crippen MR) is 87.5 cm³/mol. The zero-order chi connectivity index (χ0) is 14.9. The highest BCUT2D eigenvalue weighted by atomic mass is 32.1. The third-order valence-electron chi connectivity index (χ3n) is 4.73. The van der Waals surface area contributed by atoms with Gasteiger partial charge in [0.2, 0.25) is 0 Å². The number of ether oxygens (including phenoxy) is 1. The molecule has 2 aliphatic rings. The number of nitrogens with zero attached hydrogens (tertiary/aromatic N) is 3. The number of thiophene rings is 1. The van der Waals surface area contributed by atoms with Gasteiger partial charge in [-0.3, -0.25) is 0 Å². The standard InChI is InChI=1S/C17H17N3OS/c18-20-19-14-7-3-1-5-11(14)16-13-9-10-22-17(13)12-6-2-4-8-15(12)21-16/h1,3,5,7,9-10,12,15-16H,2,4,6,8H2. The molecule has 2 aromatic rings. The van der Waals surface area contributed by atoms with Crippen LogP contribution in [-0.2, 0) is 4.74 Å². The van der Waals surface area contributed by atoms with Crippen LogP contribution in [0.2, 0.25) is 0 Å². The molecule has 1 saturated carbocycles. The van der Waals surface area contributed by atoms with Crippen LogP contribution in [0.3, 0.4) is 0 Å². The van der Waals surface area contributed by atoms with E-state index in [0.29, 0.717) is 17.7 Å². The molecule has 5 heteroatoms. The molecule has 112 valence electrons. The Morgan fingerprint density at radius 2 is 2.00 bits per heavy atom. The molecule has 2 heterocycles. The number of azide groups is 1. The predicted octanol–water partition coefficient (Wildman–Crippen LogP) is 5.84. The van der Waals surface area contributed by atoms with Crippen LogP contribution < -0.4 is 0 Å². The van der Waals surface area contributed by atoms with Crippen molar-refractivity contribution in [2.24, 2.45) is 5.11 Å². The second-order valence-electron chi connectivity index (χ2n) is 5.93. The van der Waals surface area contributed by atoms with Crippen molar-refractivity contribution in [3.8, 4) is 0 Å². The Morgan fingerprint density at radius 3 is 2.91 bits per heavy atom. The first kappa shape index (κ1) is 13.8. The van der Waals surface area contributed by atoms with Crippen molar-refractivity contribution in [2.45, 2.75) is 43.8 Å². The molecular formula is C17H17N3OS. The van der Waals surface area contributed by atoms with Crippen molar-refractivity contribution in [3.05, 3.63) is 62.2 Å². The van der Waals surface area contributed by atoms with Crippen LogP contribution in [0.25, 0.3) is 10.4 Å². The molecule has 0 radical (unpaired) electrons. The summed E-state index contributed by atoms with van der Waals surface area (Å²) in [6, 6.07) is 9.92. The lowest BCUT2D eigenvalue weighted by Crippen LogP contribution is -2.32. The van der Waals surface area contributed by atoms with Gasteiger partial charge in [-0.1, -0.05) is 42.2 Å². The summed E-state index contributed by atoms with van der Waals surface area (Å²) in [5.41, 5.74) is 11.7. The number of rotatable bonds is 2. The Balaban J connectivity index is 1.81.